The van der Waals surface area contributed by atoms with E-state index in [4.69, 9.17) is 19.9 Å². The lowest BCUT2D eigenvalue weighted by atomic mass is 10.0. The summed E-state index contributed by atoms with van der Waals surface area (Å²) in [5, 5.41) is 0. The number of nitrogens with two attached hydrogens (primary N) is 1. The van der Waals surface area contributed by atoms with Gasteiger partial charge < -0.3 is 19.9 Å². The largest absolute Gasteiger partial charge is 0.494 e. The third kappa shape index (κ3) is 3.94. The maximum atomic E-state index is 11.0. The highest BCUT2D eigenvalue weighted by Gasteiger charge is 2.24. The van der Waals surface area contributed by atoms with Crippen LogP contribution in [0.15, 0.2) is 52.3 Å². The third-order valence-electron chi connectivity index (χ3n) is 3.58. The van der Waals surface area contributed by atoms with Gasteiger partial charge in [-0.1, -0.05) is 23.9 Å². The van der Waals surface area contributed by atoms with Gasteiger partial charge in [-0.25, -0.2) is 4.79 Å². The van der Waals surface area contributed by atoms with Crippen LogP contribution < -0.4 is 15.2 Å². The molecule has 1 aliphatic rings. The molecule has 0 bridgehead atoms. The molecule has 1 aliphatic heterocycles. The standard InChI is InChI=1S/C18H19NO4S/c1-2-21-12-4-3-5-13(10-12)24-14-6-7-15-16(23-18(19)20)8-9-22-17(15)11-14/h3-7,10-11,16H,2,8-9H2,1H3,(H2,19,20). The molecule has 1 unspecified atom stereocenters. The fourth-order valence-electron chi connectivity index (χ4n) is 2.59. The second kappa shape index (κ2) is 7.49. The number of fused-ring (bicyclic) bond motifs is 1. The molecule has 0 aromatic heterocycles. The number of benzene rings is 2. The molecule has 3 rings (SSSR count). The van der Waals surface area contributed by atoms with Crippen LogP contribution in [-0.2, 0) is 4.74 Å². The monoisotopic (exact) mass is 345 g/mol. The van der Waals surface area contributed by atoms with E-state index in [1.54, 1.807) is 11.8 Å². The van der Waals surface area contributed by atoms with E-state index in [1.165, 1.54) is 0 Å². The van der Waals surface area contributed by atoms with Gasteiger partial charge in [-0.05, 0) is 37.3 Å². The van der Waals surface area contributed by atoms with Crippen molar-refractivity contribution in [2.24, 2.45) is 5.73 Å². The van der Waals surface area contributed by atoms with E-state index >= 15 is 0 Å². The molecular formula is C18H19NO4S. The van der Waals surface area contributed by atoms with Gasteiger partial charge in [0.2, 0.25) is 0 Å². The number of rotatable bonds is 5. The minimum atomic E-state index is -0.765. The van der Waals surface area contributed by atoms with Crippen LogP contribution in [0.4, 0.5) is 4.79 Å². The lowest BCUT2D eigenvalue weighted by molar-refractivity contribution is 0.0764. The molecule has 0 fully saturated rings. The summed E-state index contributed by atoms with van der Waals surface area (Å²) in [7, 11) is 0. The number of carbonyl (C=O) groups is 1. The Labute approximate surface area is 145 Å². The first-order chi connectivity index (χ1) is 11.7. The summed E-state index contributed by atoms with van der Waals surface area (Å²) < 4.78 is 16.4. The molecule has 1 atom stereocenters. The summed E-state index contributed by atoms with van der Waals surface area (Å²) in [4.78, 5) is 13.1. The molecule has 0 aliphatic carbocycles. The first kappa shape index (κ1) is 16.5. The number of ether oxygens (including phenoxy) is 3. The number of hydrogen-bond acceptors (Lipinski definition) is 5. The number of carbonyl (C=O) groups excluding carboxylic acids is 1. The van der Waals surface area contributed by atoms with Gasteiger partial charge in [-0.3, -0.25) is 0 Å². The van der Waals surface area contributed by atoms with E-state index in [-0.39, 0.29) is 6.10 Å². The summed E-state index contributed by atoms with van der Waals surface area (Å²) in [5.74, 6) is 1.59. The van der Waals surface area contributed by atoms with Gasteiger partial charge in [0.15, 0.2) is 0 Å². The van der Waals surface area contributed by atoms with E-state index in [0.717, 1.165) is 26.9 Å². The van der Waals surface area contributed by atoms with Crippen LogP contribution in [0.1, 0.15) is 25.0 Å². The minimum absolute atomic E-state index is 0.341. The highest BCUT2D eigenvalue weighted by Crippen LogP contribution is 2.39. The average molecular weight is 345 g/mol. The molecule has 2 N–H and O–H groups in total. The summed E-state index contributed by atoms with van der Waals surface area (Å²) in [6, 6.07) is 13.8. The van der Waals surface area contributed by atoms with Crippen LogP contribution in [0.2, 0.25) is 0 Å². The Morgan fingerprint density at radius 2 is 2.12 bits per heavy atom. The fraction of sp³-hybridized carbons (Fsp3) is 0.278. The van der Waals surface area contributed by atoms with Gasteiger partial charge >= 0.3 is 6.09 Å². The molecule has 0 spiro atoms. The van der Waals surface area contributed by atoms with Crippen LogP contribution in [0, 0.1) is 0 Å². The molecule has 2 aromatic carbocycles. The van der Waals surface area contributed by atoms with E-state index in [1.807, 2.05) is 49.4 Å². The Morgan fingerprint density at radius 1 is 1.29 bits per heavy atom. The Kier molecular flexibility index (Phi) is 5.15. The van der Waals surface area contributed by atoms with Gasteiger partial charge in [0.05, 0.1) is 13.2 Å². The first-order valence-corrected chi connectivity index (χ1v) is 8.61. The summed E-state index contributed by atoms with van der Waals surface area (Å²) in [6.07, 6.45) is -0.496. The van der Waals surface area contributed by atoms with Crippen molar-refractivity contribution in [3.63, 3.8) is 0 Å². The molecule has 2 aromatic rings. The molecule has 0 radical (unpaired) electrons. The molecule has 1 amide bonds. The predicted octanol–water partition coefficient (Wildman–Crippen LogP) is 4.16. The quantitative estimate of drug-likeness (QED) is 0.881. The maximum absolute atomic E-state index is 11.0. The van der Waals surface area contributed by atoms with Crippen LogP contribution in [0.3, 0.4) is 0 Å². The van der Waals surface area contributed by atoms with Crippen molar-refractivity contribution in [3.8, 4) is 11.5 Å². The topological polar surface area (TPSA) is 70.8 Å². The SMILES string of the molecule is CCOc1cccc(Sc2ccc3c(c2)OCCC3OC(N)=O)c1. The van der Waals surface area contributed by atoms with Gasteiger partial charge in [-0.15, -0.1) is 0 Å². The Balaban J connectivity index is 1.78. The van der Waals surface area contributed by atoms with E-state index in [0.29, 0.717) is 19.6 Å². The molecule has 5 nitrogen and oxygen atoms in total. The lowest BCUT2D eigenvalue weighted by Gasteiger charge is -2.25. The fourth-order valence-corrected chi connectivity index (χ4v) is 3.49. The van der Waals surface area contributed by atoms with Crippen molar-refractivity contribution in [2.75, 3.05) is 13.2 Å². The van der Waals surface area contributed by atoms with Crippen LogP contribution in [0.25, 0.3) is 0 Å². The van der Waals surface area contributed by atoms with Crippen molar-refractivity contribution >= 4 is 17.9 Å². The number of primary amides is 1. The Bertz CT molecular complexity index is 735. The van der Waals surface area contributed by atoms with Gasteiger partial charge in [0.25, 0.3) is 0 Å². The number of hydrogen-bond donors (Lipinski definition) is 1. The van der Waals surface area contributed by atoms with E-state index in [2.05, 4.69) is 0 Å². The van der Waals surface area contributed by atoms with Gasteiger partial charge in [0, 0.05) is 21.8 Å². The highest BCUT2D eigenvalue weighted by molar-refractivity contribution is 7.99. The zero-order valence-electron chi connectivity index (χ0n) is 13.4. The Hall–Kier alpha value is -2.34. The highest BCUT2D eigenvalue weighted by atomic mass is 32.2. The number of amides is 1. The average Bonchev–Trinajstić information content (AvgIpc) is 2.55. The van der Waals surface area contributed by atoms with Crippen molar-refractivity contribution < 1.29 is 19.0 Å². The smallest absolute Gasteiger partial charge is 0.405 e. The predicted molar refractivity (Wildman–Crippen MR) is 91.7 cm³/mol. The lowest BCUT2D eigenvalue weighted by Crippen LogP contribution is -2.22. The summed E-state index contributed by atoms with van der Waals surface area (Å²) in [6.45, 7) is 3.10. The molecule has 1 heterocycles. The van der Waals surface area contributed by atoms with Crippen LogP contribution in [-0.4, -0.2) is 19.3 Å². The zero-order valence-corrected chi connectivity index (χ0v) is 14.2. The van der Waals surface area contributed by atoms with Crippen molar-refractivity contribution in [1.82, 2.24) is 0 Å². The molecule has 6 heteroatoms. The van der Waals surface area contributed by atoms with E-state index in [9.17, 15) is 4.79 Å². The van der Waals surface area contributed by atoms with Crippen molar-refractivity contribution in [3.05, 3.63) is 48.0 Å². The third-order valence-corrected chi connectivity index (χ3v) is 4.56. The van der Waals surface area contributed by atoms with Gasteiger partial charge in [0.1, 0.15) is 17.6 Å². The van der Waals surface area contributed by atoms with E-state index < -0.39 is 6.09 Å². The zero-order chi connectivity index (χ0) is 16.9. The van der Waals surface area contributed by atoms with Crippen molar-refractivity contribution in [2.45, 2.75) is 29.2 Å². The normalized spacial score (nSPS) is 16.0. The van der Waals surface area contributed by atoms with Crippen LogP contribution in [0.5, 0.6) is 11.5 Å². The summed E-state index contributed by atoms with van der Waals surface area (Å²) in [5.41, 5.74) is 5.99. The van der Waals surface area contributed by atoms with Crippen molar-refractivity contribution in [1.29, 1.82) is 0 Å². The molecule has 0 saturated heterocycles. The first-order valence-electron chi connectivity index (χ1n) is 7.79. The second-order valence-electron chi connectivity index (χ2n) is 5.27. The molecule has 0 saturated carbocycles. The minimum Gasteiger partial charge on any atom is -0.494 e. The summed E-state index contributed by atoms with van der Waals surface area (Å²) >= 11 is 1.62. The Morgan fingerprint density at radius 3 is 2.92 bits per heavy atom. The molecular weight excluding hydrogens is 326 g/mol. The molecule has 126 valence electrons. The second-order valence-corrected chi connectivity index (χ2v) is 6.42. The molecule has 24 heavy (non-hydrogen) atoms. The van der Waals surface area contributed by atoms with Gasteiger partial charge in [-0.2, -0.15) is 0 Å². The maximum Gasteiger partial charge on any atom is 0.405 e. The van der Waals surface area contributed by atoms with Crippen LogP contribution >= 0.6 is 11.8 Å².